The zero-order chi connectivity index (χ0) is 13.7. The van der Waals surface area contributed by atoms with Gasteiger partial charge in [0, 0.05) is 31.0 Å². The van der Waals surface area contributed by atoms with E-state index < -0.39 is 0 Å². The molecule has 0 bridgehead atoms. The average Bonchev–Trinajstić information content (AvgIpc) is 2.86. The second-order valence-corrected chi connectivity index (χ2v) is 5.77. The molecule has 1 N–H and O–H groups in total. The smallest absolute Gasteiger partial charge is 0.244 e. The minimum atomic E-state index is -0.222. The molecular formula is C13H22N4OS. The van der Waals surface area contributed by atoms with E-state index >= 15 is 0 Å². The van der Waals surface area contributed by atoms with Gasteiger partial charge in [0.2, 0.25) is 11.0 Å². The standard InChI is InChI=1S/C13H22N4OS/c1-3-7-11-15-13(19-16-11)14-10(2)12(18)17-8-5-4-6-9-17/h10H,3-9H2,1-2H3,(H,14,15,16). The van der Waals surface area contributed by atoms with E-state index in [-0.39, 0.29) is 11.9 Å². The van der Waals surface area contributed by atoms with Crippen molar-refractivity contribution in [1.29, 1.82) is 0 Å². The van der Waals surface area contributed by atoms with E-state index in [1.165, 1.54) is 18.0 Å². The van der Waals surface area contributed by atoms with Crippen LogP contribution in [0.3, 0.4) is 0 Å². The molecule has 1 atom stereocenters. The van der Waals surface area contributed by atoms with Crippen molar-refractivity contribution in [3.63, 3.8) is 0 Å². The summed E-state index contributed by atoms with van der Waals surface area (Å²) in [7, 11) is 0. The first kappa shape index (κ1) is 14.2. The topological polar surface area (TPSA) is 58.1 Å². The molecule has 0 aliphatic carbocycles. The maximum Gasteiger partial charge on any atom is 0.244 e. The number of carbonyl (C=O) groups is 1. The van der Waals surface area contributed by atoms with Gasteiger partial charge in [-0.3, -0.25) is 4.79 Å². The van der Waals surface area contributed by atoms with Gasteiger partial charge in [0.05, 0.1) is 0 Å². The minimum Gasteiger partial charge on any atom is -0.349 e. The summed E-state index contributed by atoms with van der Waals surface area (Å²) in [5.74, 6) is 1.04. The van der Waals surface area contributed by atoms with Crippen LogP contribution in [0.25, 0.3) is 0 Å². The summed E-state index contributed by atoms with van der Waals surface area (Å²) in [4.78, 5) is 18.6. The van der Waals surface area contributed by atoms with Crippen molar-refractivity contribution in [2.45, 2.75) is 52.0 Å². The Hall–Kier alpha value is -1.17. The first-order valence-electron chi connectivity index (χ1n) is 7.08. The lowest BCUT2D eigenvalue weighted by molar-refractivity contribution is -0.132. The molecule has 1 aliphatic rings. The van der Waals surface area contributed by atoms with Crippen LogP contribution in [-0.2, 0) is 11.2 Å². The summed E-state index contributed by atoms with van der Waals surface area (Å²) in [5.41, 5.74) is 0. The van der Waals surface area contributed by atoms with Crippen LogP contribution in [0.1, 0.15) is 45.4 Å². The summed E-state index contributed by atoms with van der Waals surface area (Å²) in [6, 6.07) is -0.222. The molecule has 6 heteroatoms. The Bertz CT molecular complexity index is 415. The average molecular weight is 282 g/mol. The number of piperidine rings is 1. The van der Waals surface area contributed by atoms with Crippen LogP contribution in [0.5, 0.6) is 0 Å². The van der Waals surface area contributed by atoms with Gasteiger partial charge in [-0.25, -0.2) is 4.98 Å². The third-order valence-corrected chi connectivity index (χ3v) is 4.00. The van der Waals surface area contributed by atoms with E-state index in [1.54, 1.807) is 0 Å². The third-order valence-electron chi connectivity index (χ3n) is 3.32. The van der Waals surface area contributed by atoms with Crippen LogP contribution in [0.2, 0.25) is 0 Å². The number of carbonyl (C=O) groups excluding carboxylic acids is 1. The van der Waals surface area contributed by atoms with Gasteiger partial charge in [0.25, 0.3) is 0 Å². The number of amides is 1. The highest BCUT2D eigenvalue weighted by Gasteiger charge is 2.22. The van der Waals surface area contributed by atoms with E-state index in [0.717, 1.165) is 49.7 Å². The molecule has 0 spiro atoms. The number of nitrogens with zero attached hydrogens (tertiary/aromatic N) is 3. The molecule has 1 unspecified atom stereocenters. The van der Waals surface area contributed by atoms with Gasteiger partial charge in [-0.05, 0) is 32.6 Å². The largest absolute Gasteiger partial charge is 0.349 e. The predicted molar refractivity (Wildman–Crippen MR) is 77.4 cm³/mol. The van der Waals surface area contributed by atoms with Crippen LogP contribution in [-0.4, -0.2) is 39.3 Å². The van der Waals surface area contributed by atoms with Crippen LogP contribution < -0.4 is 5.32 Å². The van der Waals surface area contributed by atoms with Crippen LogP contribution in [0, 0.1) is 0 Å². The molecule has 0 aromatic carbocycles. The van der Waals surface area contributed by atoms with Crippen molar-refractivity contribution in [1.82, 2.24) is 14.3 Å². The summed E-state index contributed by atoms with van der Waals surface area (Å²) in [5, 5.41) is 3.92. The molecular weight excluding hydrogens is 260 g/mol. The fourth-order valence-corrected chi connectivity index (χ4v) is 2.97. The van der Waals surface area contributed by atoms with E-state index in [9.17, 15) is 4.79 Å². The molecule has 0 saturated carbocycles. The number of aryl methyl sites for hydroxylation is 1. The lowest BCUT2D eigenvalue weighted by Crippen LogP contribution is -2.43. The Balaban J connectivity index is 1.88. The van der Waals surface area contributed by atoms with E-state index in [1.807, 2.05) is 11.8 Å². The maximum absolute atomic E-state index is 12.3. The lowest BCUT2D eigenvalue weighted by atomic mass is 10.1. The fraction of sp³-hybridized carbons (Fsp3) is 0.769. The highest BCUT2D eigenvalue weighted by molar-refractivity contribution is 7.09. The summed E-state index contributed by atoms with van der Waals surface area (Å²) in [6.07, 6.45) is 5.42. The first-order valence-corrected chi connectivity index (χ1v) is 7.86. The number of nitrogens with one attached hydrogen (secondary N) is 1. The Morgan fingerprint density at radius 2 is 2.16 bits per heavy atom. The van der Waals surface area contributed by atoms with Crippen molar-refractivity contribution in [3.8, 4) is 0 Å². The van der Waals surface area contributed by atoms with E-state index in [4.69, 9.17) is 0 Å². The van der Waals surface area contributed by atoms with Gasteiger partial charge in [-0.15, -0.1) is 0 Å². The van der Waals surface area contributed by atoms with Crippen molar-refractivity contribution < 1.29 is 4.79 Å². The van der Waals surface area contributed by atoms with Gasteiger partial charge < -0.3 is 10.2 Å². The summed E-state index contributed by atoms with van der Waals surface area (Å²) < 4.78 is 4.27. The van der Waals surface area contributed by atoms with Crippen LogP contribution in [0.15, 0.2) is 0 Å². The predicted octanol–water partition coefficient (Wildman–Crippen LogP) is 2.30. The molecule has 2 rings (SSSR count). The van der Waals surface area contributed by atoms with Crippen molar-refractivity contribution >= 4 is 22.6 Å². The Labute approximate surface area is 118 Å². The second-order valence-electron chi connectivity index (χ2n) is 5.02. The molecule has 1 aliphatic heterocycles. The second kappa shape index (κ2) is 6.84. The monoisotopic (exact) mass is 282 g/mol. The van der Waals surface area contributed by atoms with Crippen molar-refractivity contribution in [2.24, 2.45) is 0 Å². The number of likely N-dealkylation sites (tertiary alicyclic amines) is 1. The quantitative estimate of drug-likeness (QED) is 0.900. The van der Waals surface area contributed by atoms with E-state index in [0.29, 0.717) is 0 Å². The number of anilines is 1. The molecule has 19 heavy (non-hydrogen) atoms. The van der Waals surface area contributed by atoms with E-state index in [2.05, 4.69) is 21.6 Å². The molecule has 1 aromatic rings. The number of hydrogen-bond donors (Lipinski definition) is 1. The molecule has 1 aromatic heterocycles. The van der Waals surface area contributed by atoms with Gasteiger partial charge in [-0.2, -0.15) is 4.37 Å². The molecule has 106 valence electrons. The molecule has 1 fully saturated rings. The maximum atomic E-state index is 12.3. The zero-order valence-corrected chi connectivity index (χ0v) is 12.5. The fourth-order valence-electron chi connectivity index (χ4n) is 2.27. The van der Waals surface area contributed by atoms with Gasteiger partial charge in [-0.1, -0.05) is 6.92 Å². The summed E-state index contributed by atoms with van der Waals surface area (Å²) in [6.45, 7) is 5.79. The number of rotatable bonds is 5. The zero-order valence-electron chi connectivity index (χ0n) is 11.7. The minimum absolute atomic E-state index is 0.173. The molecule has 1 saturated heterocycles. The molecule has 5 nitrogen and oxygen atoms in total. The Morgan fingerprint density at radius 3 is 2.84 bits per heavy atom. The first-order chi connectivity index (χ1) is 9.20. The highest BCUT2D eigenvalue weighted by Crippen LogP contribution is 2.15. The normalized spacial score (nSPS) is 17.3. The van der Waals surface area contributed by atoms with Gasteiger partial charge in [0.1, 0.15) is 11.9 Å². The summed E-state index contributed by atoms with van der Waals surface area (Å²) >= 11 is 1.34. The third kappa shape index (κ3) is 3.89. The van der Waals surface area contributed by atoms with Crippen molar-refractivity contribution in [2.75, 3.05) is 18.4 Å². The molecule has 2 heterocycles. The number of aromatic nitrogens is 2. The van der Waals surface area contributed by atoms with Crippen molar-refractivity contribution in [3.05, 3.63) is 5.82 Å². The highest BCUT2D eigenvalue weighted by atomic mass is 32.1. The molecule has 1 amide bonds. The Kier molecular flexibility index (Phi) is 5.13. The van der Waals surface area contributed by atoms with Gasteiger partial charge in [0.15, 0.2) is 0 Å². The van der Waals surface area contributed by atoms with Crippen LogP contribution >= 0.6 is 11.5 Å². The number of hydrogen-bond acceptors (Lipinski definition) is 5. The van der Waals surface area contributed by atoms with Gasteiger partial charge >= 0.3 is 0 Å². The molecule has 0 radical (unpaired) electrons. The lowest BCUT2D eigenvalue weighted by Gasteiger charge is -2.29. The van der Waals surface area contributed by atoms with Crippen LogP contribution in [0.4, 0.5) is 5.13 Å². The SMILES string of the molecule is CCCc1nsc(NC(C)C(=O)N2CCCCC2)n1. The Morgan fingerprint density at radius 1 is 1.42 bits per heavy atom.